The Bertz CT molecular complexity index is 263. The number of nitrogens with zero attached hydrogens (tertiary/aromatic N) is 1. The van der Waals surface area contributed by atoms with E-state index in [2.05, 4.69) is 0 Å². The molecule has 0 bridgehead atoms. The molecule has 0 spiro atoms. The van der Waals surface area contributed by atoms with Gasteiger partial charge in [-0.15, -0.1) is 0 Å². The summed E-state index contributed by atoms with van der Waals surface area (Å²) >= 11 is -0.0508. The summed E-state index contributed by atoms with van der Waals surface area (Å²) in [6.45, 7) is 1.65. The first-order valence-electron chi connectivity index (χ1n) is 3.55. The summed E-state index contributed by atoms with van der Waals surface area (Å²) in [6.07, 6.45) is 0. The molecule has 0 saturated heterocycles. The van der Waals surface area contributed by atoms with Crippen LogP contribution in [-0.2, 0) is 0 Å². The third-order valence-corrected chi connectivity index (χ3v) is 3.57. The molecule has 3 nitrogen and oxygen atoms in total. The summed E-state index contributed by atoms with van der Waals surface area (Å²) in [6, 6.07) is 9.59. The van der Waals surface area contributed by atoms with Crippen molar-refractivity contribution in [2.75, 3.05) is 0 Å². The Morgan fingerprint density at radius 1 is 1.42 bits per heavy atom. The first-order chi connectivity index (χ1) is 5.70. The van der Waals surface area contributed by atoms with Gasteiger partial charge in [0.15, 0.2) is 0 Å². The molecule has 0 amide bonds. The van der Waals surface area contributed by atoms with Gasteiger partial charge >= 0.3 is 76.7 Å². The second kappa shape index (κ2) is 4.24. The molecule has 0 saturated carbocycles. The standard InChI is InChI=1S/C8H9NO2Se/c1-7(9(10)11)12-8-5-3-2-4-6-8/h2-7H,1H3. The first-order valence-corrected chi connectivity index (χ1v) is 5.40. The van der Waals surface area contributed by atoms with Crippen molar-refractivity contribution in [3.8, 4) is 0 Å². The predicted octanol–water partition coefficient (Wildman–Crippen LogP) is 0.639. The number of hydrogen-bond acceptors (Lipinski definition) is 2. The van der Waals surface area contributed by atoms with Gasteiger partial charge in [0.1, 0.15) is 0 Å². The van der Waals surface area contributed by atoms with Gasteiger partial charge in [0.25, 0.3) is 0 Å². The zero-order chi connectivity index (χ0) is 8.97. The fourth-order valence-electron chi connectivity index (χ4n) is 0.739. The van der Waals surface area contributed by atoms with Crippen LogP contribution in [0.1, 0.15) is 6.92 Å². The molecule has 0 aromatic heterocycles. The van der Waals surface area contributed by atoms with E-state index in [1.807, 2.05) is 30.3 Å². The van der Waals surface area contributed by atoms with Crippen LogP contribution in [0.25, 0.3) is 0 Å². The van der Waals surface area contributed by atoms with Crippen molar-refractivity contribution >= 4 is 19.4 Å². The first kappa shape index (κ1) is 9.23. The van der Waals surface area contributed by atoms with E-state index in [0.29, 0.717) is 0 Å². The second-order valence-electron chi connectivity index (χ2n) is 2.32. The molecule has 1 atom stereocenters. The molecular formula is C8H9NO2Se. The van der Waals surface area contributed by atoms with Crippen molar-refractivity contribution < 1.29 is 4.92 Å². The molecular weight excluding hydrogens is 221 g/mol. The molecule has 12 heavy (non-hydrogen) atoms. The molecule has 1 unspecified atom stereocenters. The van der Waals surface area contributed by atoms with Gasteiger partial charge in [-0.25, -0.2) is 0 Å². The van der Waals surface area contributed by atoms with Gasteiger partial charge in [0, 0.05) is 0 Å². The number of benzene rings is 1. The Hall–Kier alpha value is -0.861. The molecule has 0 aliphatic carbocycles. The summed E-state index contributed by atoms with van der Waals surface area (Å²) in [5.74, 6) is 0. The Kier molecular flexibility index (Phi) is 3.26. The minimum atomic E-state index is -0.431. The van der Waals surface area contributed by atoms with Gasteiger partial charge in [0.05, 0.1) is 0 Å². The van der Waals surface area contributed by atoms with E-state index < -0.39 is 4.94 Å². The van der Waals surface area contributed by atoms with Gasteiger partial charge in [-0.2, -0.15) is 0 Å². The van der Waals surface area contributed by atoms with Crippen molar-refractivity contribution in [1.29, 1.82) is 0 Å². The molecule has 1 aromatic rings. The molecule has 1 aromatic carbocycles. The Balaban J connectivity index is 2.58. The molecule has 0 heterocycles. The van der Waals surface area contributed by atoms with E-state index >= 15 is 0 Å². The molecule has 0 radical (unpaired) electrons. The summed E-state index contributed by atoms with van der Waals surface area (Å²) in [5, 5.41) is 10.3. The van der Waals surface area contributed by atoms with Crippen LogP contribution in [0.15, 0.2) is 30.3 Å². The quantitative estimate of drug-likeness (QED) is 0.434. The molecule has 4 heteroatoms. The van der Waals surface area contributed by atoms with Crippen LogP contribution < -0.4 is 4.46 Å². The second-order valence-corrected chi connectivity index (χ2v) is 5.23. The summed E-state index contributed by atoms with van der Waals surface area (Å²) in [5.41, 5.74) is 0. The van der Waals surface area contributed by atoms with Gasteiger partial charge < -0.3 is 0 Å². The molecule has 0 fully saturated rings. The zero-order valence-corrected chi connectivity index (χ0v) is 8.35. The minimum absolute atomic E-state index is 0.0508. The van der Waals surface area contributed by atoms with Crippen molar-refractivity contribution in [3.63, 3.8) is 0 Å². The van der Waals surface area contributed by atoms with Crippen LogP contribution in [0.3, 0.4) is 0 Å². The van der Waals surface area contributed by atoms with Crippen molar-refractivity contribution in [3.05, 3.63) is 40.4 Å². The SMILES string of the molecule is CC([Se]c1ccccc1)[N+](=O)[O-]. The van der Waals surface area contributed by atoms with E-state index in [9.17, 15) is 10.1 Å². The fourth-order valence-corrected chi connectivity index (χ4v) is 2.41. The van der Waals surface area contributed by atoms with Crippen LogP contribution in [0, 0.1) is 10.1 Å². The van der Waals surface area contributed by atoms with Crippen LogP contribution in [0.4, 0.5) is 0 Å². The summed E-state index contributed by atoms with van der Waals surface area (Å²) in [4.78, 5) is 9.67. The van der Waals surface area contributed by atoms with Crippen molar-refractivity contribution in [2.24, 2.45) is 0 Å². The van der Waals surface area contributed by atoms with Crippen LogP contribution in [0.5, 0.6) is 0 Å². The topological polar surface area (TPSA) is 43.1 Å². The summed E-state index contributed by atoms with van der Waals surface area (Å²) < 4.78 is 1.08. The van der Waals surface area contributed by atoms with E-state index in [0.717, 1.165) is 4.46 Å². The fraction of sp³-hybridized carbons (Fsp3) is 0.250. The van der Waals surface area contributed by atoms with E-state index in [4.69, 9.17) is 0 Å². The van der Waals surface area contributed by atoms with Crippen LogP contribution in [0.2, 0.25) is 0 Å². The van der Waals surface area contributed by atoms with Crippen LogP contribution in [-0.4, -0.2) is 24.8 Å². The Morgan fingerprint density at radius 2 is 2.00 bits per heavy atom. The Labute approximate surface area is 77.1 Å². The average Bonchev–Trinajstić information content (AvgIpc) is 2.06. The number of nitro groups is 1. The van der Waals surface area contributed by atoms with Gasteiger partial charge in [0.2, 0.25) is 0 Å². The third kappa shape index (κ3) is 2.64. The van der Waals surface area contributed by atoms with Crippen molar-refractivity contribution in [2.45, 2.75) is 11.9 Å². The van der Waals surface area contributed by atoms with Gasteiger partial charge in [-0.1, -0.05) is 0 Å². The maximum atomic E-state index is 10.3. The Morgan fingerprint density at radius 3 is 2.50 bits per heavy atom. The molecule has 0 N–H and O–H groups in total. The zero-order valence-electron chi connectivity index (χ0n) is 6.64. The molecule has 64 valence electrons. The number of rotatable bonds is 3. The molecule has 0 aliphatic rings. The third-order valence-electron chi connectivity index (χ3n) is 1.35. The summed E-state index contributed by atoms with van der Waals surface area (Å²) in [7, 11) is 0. The van der Waals surface area contributed by atoms with E-state index in [-0.39, 0.29) is 19.9 Å². The van der Waals surface area contributed by atoms with Crippen LogP contribution >= 0.6 is 0 Å². The average molecular weight is 230 g/mol. The van der Waals surface area contributed by atoms with Gasteiger partial charge in [-0.05, 0) is 0 Å². The number of hydrogen-bond donors (Lipinski definition) is 0. The van der Waals surface area contributed by atoms with E-state index in [1.54, 1.807) is 6.92 Å². The molecule has 0 aliphatic heterocycles. The molecule has 1 rings (SSSR count). The van der Waals surface area contributed by atoms with E-state index in [1.165, 1.54) is 0 Å². The van der Waals surface area contributed by atoms with Crippen molar-refractivity contribution in [1.82, 2.24) is 0 Å². The normalized spacial score (nSPS) is 12.4. The monoisotopic (exact) mass is 231 g/mol. The van der Waals surface area contributed by atoms with Gasteiger partial charge in [-0.3, -0.25) is 0 Å². The predicted molar refractivity (Wildman–Crippen MR) is 48.3 cm³/mol. The maximum absolute atomic E-state index is 10.3.